The van der Waals surface area contributed by atoms with Crippen LogP contribution in [0.15, 0.2) is 22.8 Å². The van der Waals surface area contributed by atoms with Gasteiger partial charge >= 0.3 is 11.9 Å². The molecule has 2 aliphatic carbocycles. The lowest BCUT2D eigenvalue weighted by atomic mass is 9.73. The van der Waals surface area contributed by atoms with Crippen LogP contribution < -0.4 is 0 Å². The first kappa shape index (κ1) is 20.1. The van der Waals surface area contributed by atoms with Crippen molar-refractivity contribution in [2.75, 3.05) is 13.2 Å². The van der Waals surface area contributed by atoms with E-state index in [1.54, 1.807) is 0 Å². The van der Waals surface area contributed by atoms with Gasteiger partial charge in [0, 0.05) is 24.3 Å². The molecule has 150 valence electrons. The second-order valence-corrected chi connectivity index (χ2v) is 8.75. The molecule has 0 aromatic carbocycles. The third kappa shape index (κ3) is 4.45. The predicted molar refractivity (Wildman–Crippen MR) is 102 cm³/mol. The SMILES string of the molecule is CC(=O)OC[C@@H](CCC=C(C)C)[C@@H]1C2=C(C(=O)OC2)[C@@H]2C[C@@H]2[C@@H](C)C[C@@H]1O. The van der Waals surface area contributed by atoms with Crippen molar-refractivity contribution in [3.05, 3.63) is 22.8 Å². The topological polar surface area (TPSA) is 72.8 Å². The third-order valence-corrected chi connectivity index (χ3v) is 6.39. The van der Waals surface area contributed by atoms with Gasteiger partial charge in [0.05, 0.1) is 12.7 Å². The van der Waals surface area contributed by atoms with Crippen molar-refractivity contribution < 1.29 is 24.2 Å². The van der Waals surface area contributed by atoms with Crippen LogP contribution in [0, 0.1) is 29.6 Å². The molecular formula is C22H32O5. The maximum atomic E-state index is 12.4. The highest BCUT2D eigenvalue weighted by Gasteiger charge is 2.53. The van der Waals surface area contributed by atoms with Crippen LogP contribution in [0.5, 0.6) is 0 Å². The van der Waals surface area contributed by atoms with Gasteiger partial charge in [0.25, 0.3) is 0 Å². The summed E-state index contributed by atoms with van der Waals surface area (Å²) < 4.78 is 10.8. The first-order valence-corrected chi connectivity index (χ1v) is 10.1. The van der Waals surface area contributed by atoms with Gasteiger partial charge in [-0.25, -0.2) is 4.79 Å². The fraction of sp³-hybridized carbons (Fsp3) is 0.727. The van der Waals surface area contributed by atoms with E-state index in [-0.39, 0.29) is 42.9 Å². The Morgan fingerprint density at radius 3 is 2.74 bits per heavy atom. The van der Waals surface area contributed by atoms with Crippen molar-refractivity contribution in [2.24, 2.45) is 29.6 Å². The quantitative estimate of drug-likeness (QED) is 0.568. The van der Waals surface area contributed by atoms with E-state index in [0.29, 0.717) is 11.8 Å². The van der Waals surface area contributed by atoms with Crippen LogP contribution in [0.4, 0.5) is 0 Å². The third-order valence-electron chi connectivity index (χ3n) is 6.39. The number of carbonyl (C=O) groups is 2. The molecule has 0 unspecified atom stereocenters. The van der Waals surface area contributed by atoms with Gasteiger partial charge in [0.1, 0.15) is 6.61 Å². The van der Waals surface area contributed by atoms with Gasteiger partial charge < -0.3 is 14.6 Å². The zero-order valence-electron chi connectivity index (χ0n) is 16.9. The molecule has 0 aromatic rings. The Labute approximate surface area is 161 Å². The van der Waals surface area contributed by atoms with Crippen LogP contribution in [0.3, 0.4) is 0 Å². The molecule has 3 rings (SSSR count). The molecule has 5 nitrogen and oxygen atoms in total. The summed E-state index contributed by atoms with van der Waals surface area (Å²) in [5, 5.41) is 11.1. The first-order valence-electron chi connectivity index (χ1n) is 10.1. The van der Waals surface area contributed by atoms with Gasteiger partial charge in [0.2, 0.25) is 0 Å². The summed E-state index contributed by atoms with van der Waals surface area (Å²) in [5.41, 5.74) is 3.01. The first-order chi connectivity index (χ1) is 12.8. The van der Waals surface area contributed by atoms with E-state index in [9.17, 15) is 14.7 Å². The molecule has 0 radical (unpaired) electrons. The number of rotatable bonds is 6. The van der Waals surface area contributed by atoms with Crippen molar-refractivity contribution in [1.82, 2.24) is 0 Å². The van der Waals surface area contributed by atoms with Crippen LogP contribution in [0.1, 0.15) is 53.4 Å². The maximum absolute atomic E-state index is 12.4. The lowest BCUT2D eigenvalue weighted by Crippen LogP contribution is -2.36. The molecule has 5 heteroatoms. The summed E-state index contributed by atoms with van der Waals surface area (Å²) in [4.78, 5) is 23.8. The van der Waals surface area contributed by atoms with Gasteiger partial charge in [-0.2, -0.15) is 0 Å². The predicted octanol–water partition coefficient (Wildman–Crippen LogP) is 3.42. The number of carbonyl (C=O) groups excluding carboxylic acids is 2. The number of ether oxygens (including phenoxy) is 2. The highest BCUT2D eigenvalue weighted by molar-refractivity contribution is 5.93. The van der Waals surface area contributed by atoms with E-state index in [1.807, 2.05) is 0 Å². The van der Waals surface area contributed by atoms with Gasteiger partial charge in [-0.3, -0.25) is 4.79 Å². The number of allylic oxidation sites excluding steroid dienone is 2. The summed E-state index contributed by atoms with van der Waals surface area (Å²) >= 11 is 0. The Hall–Kier alpha value is -1.62. The van der Waals surface area contributed by atoms with Gasteiger partial charge in [-0.05, 0) is 62.9 Å². The minimum Gasteiger partial charge on any atom is -0.466 e. The van der Waals surface area contributed by atoms with Crippen LogP contribution in [-0.4, -0.2) is 36.4 Å². The number of fused-ring (bicyclic) bond motifs is 2. The lowest BCUT2D eigenvalue weighted by Gasteiger charge is -2.34. The Morgan fingerprint density at radius 2 is 2.07 bits per heavy atom. The molecule has 6 atom stereocenters. The Morgan fingerprint density at radius 1 is 1.33 bits per heavy atom. The minimum absolute atomic E-state index is 0.0264. The minimum atomic E-state index is -0.548. The molecule has 0 spiro atoms. The molecule has 0 aromatic heterocycles. The number of cyclic esters (lactones) is 1. The summed E-state index contributed by atoms with van der Waals surface area (Å²) in [6.45, 7) is 8.23. The van der Waals surface area contributed by atoms with Gasteiger partial charge in [0.15, 0.2) is 0 Å². The molecule has 1 fully saturated rings. The number of aliphatic hydroxyl groups is 1. The molecule has 0 amide bonds. The summed E-state index contributed by atoms with van der Waals surface area (Å²) in [6.07, 6.45) is 5.01. The number of hydrogen-bond donors (Lipinski definition) is 1. The molecule has 1 aliphatic heterocycles. The van der Waals surface area contributed by atoms with E-state index >= 15 is 0 Å². The second kappa shape index (κ2) is 8.17. The van der Waals surface area contributed by atoms with E-state index in [4.69, 9.17) is 9.47 Å². The van der Waals surface area contributed by atoms with E-state index in [0.717, 1.165) is 36.8 Å². The average molecular weight is 376 g/mol. The highest BCUT2D eigenvalue weighted by atomic mass is 16.5. The van der Waals surface area contributed by atoms with Crippen molar-refractivity contribution in [1.29, 1.82) is 0 Å². The zero-order valence-corrected chi connectivity index (χ0v) is 16.9. The lowest BCUT2D eigenvalue weighted by molar-refractivity contribution is -0.143. The molecule has 1 N–H and O–H groups in total. The Kier molecular flexibility index (Phi) is 6.09. The average Bonchev–Trinajstić information content (AvgIpc) is 3.27. The summed E-state index contributed by atoms with van der Waals surface area (Å²) in [7, 11) is 0. The molecule has 1 heterocycles. The number of aliphatic hydroxyl groups excluding tert-OH is 1. The summed E-state index contributed by atoms with van der Waals surface area (Å²) in [6, 6.07) is 0. The fourth-order valence-electron chi connectivity index (χ4n) is 4.98. The van der Waals surface area contributed by atoms with Crippen LogP contribution >= 0.6 is 0 Å². The molecule has 27 heavy (non-hydrogen) atoms. The van der Waals surface area contributed by atoms with Crippen molar-refractivity contribution in [3.63, 3.8) is 0 Å². The van der Waals surface area contributed by atoms with Gasteiger partial charge in [-0.15, -0.1) is 0 Å². The largest absolute Gasteiger partial charge is 0.466 e. The zero-order chi connectivity index (χ0) is 19.7. The van der Waals surface area contributed by atoms with E-state index < -0.39 is 6.10 Å². The Balaban J connectivity index is 1.91. The summed E-state index contributed by atoms with van der Waals surface area (Å²) in [5.74, 6) is 0.399. The number of hydrogen-bond acceptors (Lipinski definition) is 5. The molecule has 0 saturated heterocycles. The smallest absolute Gasteiger partial charge is 0.334 e. The van der Waals surface area contributed by atoms with Gasteiger partial charge in [-0.1, -0.05) is 18.6 Å². The van der Waals surface area contributed by atoms with Crippen LogP contribution in [-0.2, 0) is 19.1 Å². The monoisotopic (exact) mass is 376 g/mol. The molecule has 3 aliphatic rings. The molecule has 0 bridgehead atoms. The Bertz CT molecular complexity index is 658. The van der Waals surface area contributed by atoms with Crippen LogP contribution in [0.2, 0.25) is 0 Å². The molecule has 1 saturated carbocycles. The second-order valence-electron chi connectivity index (χ2n) is 8.75. The standard InChI is InChI=1S/C22H32O5/c1-12(2)6-5-7-15(10-26-14(4)23)20-18-11-27-22(25)21(18)17-9-16(17)13(3)8-19(20)24/h6,13,15-17,19-20,24H,5,7-11H2,1-4H3/t13-,15+,16+,17+,19-,20+/m0/s1. The van der Waals surface area contributed by atoms with Crippen molar-refractivity contribution >= 4 is 11.9 Å². The molecular weight excluding hydrogens is 344 g/mol. The van der Waals surface area contributed by atoms with Crippen LogP contribution in [0.25, 0.3) is 0 Å². The highest BCUT2D eigenvalue weighted by Crippen LogP contribution is 2.55. The normalized spacial score (nSPS) is 33.2. The maximum Gasteiger partial charge on any atom is 0.334 e. The van der Waals surface area contributed by atoms with Crippen molar-refractivity contribution in [2.45, 2.75) is 59.5 Å². The van der Waals surface area contributed by atoms with E-state index in [2.05, 4.69) is 26.8 Å². The van der Waals surface area contributed by atoms with Crippen molar-refractivity contribution in [3.8, 4) is 0 Å². The van der Waals surface area contributed by atoms with E-state index in [1.165, 1.54) is 12.5 Å². The number of esters is 2. The fourth-order valence-corrected chi connectivity index (χ4v) is 4.98.